The number of aromatic nitrogens is 3. The van der Waals surface area contributed by atoms with Crippen LogP contribution in [-0.4, -0.2) is 14.3 Å². The molecule has 0 fully saturated rings. The summed E-state index contributed by atoms with van der Waals surface area (Å²) in [5.41, 5.74) is 0. The fourth-order valence-electron chi connectivity index (χ4n) is 0.596. The average Bonchev–Trinajstić information content (AvgIpc) is 2.59. The molecule has 0 N–H and O–H groups in total. The van der Waals surface area contributed by atoms with Crippen molar-refractivity contribution in [1.29, 1.82) is 0 Å². The molecule has 5 heteroatoms. The summed E-state index contributed by atoms with van der Waals surface area (Å²) >= 11 is 2.94. The molecule has 0 radical (unpaired) electrons. The van der Waals surface area contributed by atoms with E-state index < -0.39 is 0 Å². The molecule has 0 bridgehead atoms. The minimum Gasteiger partial charge on any atom is -0.242 e. The maximum absolute atomic E-state index is 4.09. The largest absolute Gasteiger partial charge is 0.242 e. The lowest BCUT2D eigenvalue weighted by atomic mass is 10.7. The third-order valence-corrected chi connectivity index (χ3v) is 2.56. The van der Waals surface area contributed by atoms with Crippen molar-refractivity contribution in [2.75, 3.05) is 0 Å². The van der Waals surface area contributed by atoms with E-state index >= 15 is 0 Å². The zero-order valence-electron chi connectivity index (χ0n) is 4.89. The fourth-order valence-corrected chi connectivity index (χ4v) is 1.80. The van der Waals surface area contributed by atoms with Gasteiger partial charge in [-0.1, -0.05) is 0 Å². The molecule has 2 aromatic rings. The molecule has 50 valence electrons. The first kappa shape index (κ1) is 5.94. The van der Waals surface area contributed by atoms with Gasteiger partial charge in [-0.15, -0.1) is 11.3 Å². The Hall–Kier alpha value is -0.810. The molecule has 0 aromatic carbocycles. The van der Waals surface area contributed by atoms with E-state index in [1.165, 1.54) is 11.5 Å². The van der Waals surface area contributed by atoms with E-state index in [-0.39, 0.29) is 0 Å². The second-order valence-corrected chi connectivity index (χ2v) is 3.26. The topological polar surface area (TPSA) is 38.7 Å². The van der Waals surface area contributed by atoms with Crippen LogP contribution in [0, 0.1) is 0 Å². The van der Waals surface area contributed by atoms with E-state index in [2.05, 4.69) is 14.3 Å². The maximum atomic E-state index is 4.09. The normalized spacial score (nSPS) is 10.0. The minimum atomic E-state index is 0.898. The first-order valence-corrected chi connectivity index (χ1v) is 4.28. The smallest absolute Gasteiger partial charge is 0.172 e. The summed E-state index contributed by atoms with van der Waals surface area (Å²) in [5.74, 6) is 0. The molecule has 0 aliphatic carbocycles. The number of thiazole rings is 1. The van der Waals surface area contributed by atoms with Crippen LogP contribution in [0.2, 0.25) is 0 Å². The summed E-state index contributed by atoms with van der Waals surface area (Å²) in [6.45, 7) is 0. The molecule has 0 aliphatic rings. The van der Waals surface area contributed by atoms with Crippen LogP contribution < -0.4 is 0 Å². The van der Waals surface area contributed by atoms with Crippen LogP contribution in [0.5, 0.6) is 0 Å². The van der Waals surface area contributed by atoms with E-state index in [4.69, 9.17) is 0 Å². The third kappa shape index (κ3) is 0.932. The van der Waals surface area contributed by atoms with Crippen LogP contribution in [0.3, 0.4) is 0 Å². The average molecular weight is 169 g/mol. The van der Waals surface area contributed by atoms with Gasteiger partial charge in [-0.05, 0) is 11.5 Å². The van der Waals surface area contributed by atoms with Gasteiger partial charge in [-0.3, -0.25) is 0 Å². The second-order valence-electron chi connectivity index (χ2n) is 1.58. The standard InChI is InChI=1S/C5H3N3S2/c1-2-9-4(6-1)5-7-3-8-10-5/h1-3H. The molecule has 0 spiro atoms. The molecule has 0 saturated heterocycles. The Balaban J connectivity index is 2.48. The van der Waals surface area contributed by atoms with Gasteiger partial charge in [0, 0.05) is 11.6 Å². The number of rotatable bonds is 1. The van der Waals surface area contributed by atoms with Gasteiger partial charge in [0.25, 0.3) is 0 Å². The van der Waals surface area contributed by atoms with E-state index in [1.54, 1.807) is 23.9 Å². The Bertz CT molecular complexity index is 254. The molecule has 2 heterocycles. The Morgan fingerprint density at radius 2 is 2.20 bits per heavy atom. The minimum absolute atomic E-state index is 0.898. The van der Waals surface area contributed by atoms with Crippen molar-refractivity contribution in [3.05, 3.63) is 17.9 Å². The van der Waals surface area contributed by atoms with Crippen molar-refractivity contribution in [3.63, 3.8) is 0 Å². The highest BCUT2D eigenvalue weighted by atomic mass is 32.1. The molecule has 0 atom stereocenters. The van der Waals surface area contributed by atoms with Gasteiger partial charge < -0.3 is 0 Å². The van der Waals surface area contributed by atoms with E-state index in [0.29, 0.717) is 0 Å². The van der Waals surface area contributed by atoms with Crippen molar-refractivity contribution in [2.24, 2.45) is 0 Å². The molecule has 0 saturated carbocycles. The maximum Gasteiger partial charge on any atom is 0.172 e. The van der Waals surface area contributed by atoms with Gasteiger partial charge in [-0.25, -0.2) is 9.97 Å². The first-order chi connectivity index (χ1) is 4.97. The highest BCUT2D eigenvalue weighted by Crippen LogP contribution is 2.21. The summed E-state index contributed by atoms with van der Waals surface area (Å²) in [6, 6.07) is 0. The Kier molecular flexibility index (Phi) is 1.44. The van der Waals surface area contributed by atoms with Crippen LogP contribution in [0.4, 0.5) is 0 Å². The highest BCUT2D eigenvalue weighted by Gasteiger charge is 2.01. The van der Waals surface area contributed by atoms with E-state index in [0.717, 1.165) is 10.0 Å². The molecule has 2 rings (SSSR count). The van der Waals surface area contributed by atoms with Crippen LogP contribution >= 0.6 is 22.9 Å². The summed E-state index contributed by atoms with van der Waals surface area (Å²) in [7, 11) is 0. The summed E-state index contributed by atoms with van der Waals surface area (Å²) in [4.78, 5) is 8.10. The summed E-state index contributed by atoms with van der Waals surface area (Å²) in [6.07, 6.45) is 3.31. The zero-order valence-corrected chi connectivity index (χ0v) is 6.52. The summed E-state index contributed by atoms with van der Waals surface area (Å²) in [5, 5.41) is 3.77. The lowest BCUT2D eigenvalue weighted by Crippen LogP contribution is -1.68. The molecular weight excluding hydrogens is 166 g/mol. The Morgan fingerprint density at radius 1 is 1.20 bits per heavy atom. The first-order valence-electron chi connectivity index (χ1n) is 2.63. The molecule has 3 nitrogen and oxygen atoms in total. The third-order valence-electron chi connectivity index (χ3n) is 0.977. The molecule has 0 unspecified atom stereocenters. The predicted octanol–water partition coefficient (Wildman–Crippen LogP) is 1.66. The summed E-state index contributed by atoms with van der Waals surface area (Å²) < 4.78 is 3.88. The number of hydrogen-bond acceptors (Lipinski definition) is 5. The van der Waals surface area contributed by atoms with Crippen LogP contribution in [-0.2, 0) is 0 Å². The highest BCUT2D eigenvalue weighted by molar-refractivity contribution is 7.18. The van der Waals surface area contributed by atoms with Crippen molar-refractivity contribution in [3.8, 4) is 10.0 Å². The van der Waals surface area contributed by atoms with Gasteiger partial charge in [0.1, 0.15) is 6.33 Å². The lowest BCUT2D eigenvalue weighted by molar-refractivity contribution is 1.31. The molecule has 2 aromatic heterocycles. The van der Waals surface area contributed by atoms with Gasteiger partial charge in [0.05, 0.1) is 0 Å². The molecule has 0 aliphatic heterocycles. The van der Waals surface area contributed by atoms with Crippen molar-refractivity contribution >= 4 is 22.9 Å². The second kappa shape index (κ2) is 2.43. The molecule has 10 heavy (non-hydrogen) atoms. The quantitative estimate of drug-likeness (QED) is 0.651. The number of hydrogen-bond donors (Lipinski definition) is 0. The van der Waals surface area contributed by atoms with Crippen LogP contribution in [0.25, 0.3) is 10.0 Å². The SMILES string of the molecule is c1csc(-c2ncns2)n1. The van der Waals surface area contributed by atoms with Gasteiger partial charge >= 0.3 is 0 Å². The fraction of sp³-hybridized carbons (Fsp3) is 0. The Morgan fingerprint density at radius 3 is 2.80 bits per heavy atom. The van der Waals surface area contributed by atoms with Gasteiger partial charge in [0.15, 0.2) is 10.0 Å². The Labute approximate surface area is 65.6 Å². The van der Waals surface area contributed by atoms with E-state index in [1.807, 2.05) is 5.38 Å². The van der Waals surface area contributed by atoms with Crippen molar-refractivity contribution in [2.45, 2.75) is 0 Å². The van der Waals surface area contributed by atoms with Crippen molar-refractivity contribution in [1.82, 2.24) is 14.3 Å². The van der Waals surface area contributed by atoms with Gasteiger partial charge in [-0.2, -0.15) is 4.37 Å². The van der Waals surface area contributed by atoms with Crippen LogP contribution in [0.15, 0.2) is 17.9 Å². The van der Waals surface area contributed by atoms with Gasteiger partial charge in [0.2, 0.25) is 0 Å². The monoisotopic (exact) mass is 169 g/mol. The molecule has 0 amide bonds. The van der Waals surface area contributed by atoms with E-state index in [9.17, 15) is 0 Å². The predicted molar refractivity (Wildman–Crippen MR) is 41.0 cm³/mol. The van der Waals surface area contributed by atoms with Crippen LogP contribution in [0.1, 0.15) is 0 Å². The lowest BCUT2D eigenvalue weighted by Gasteiger charge is -1.80. The zero-order chi connectivity index (χ0) is 6.81. The van der Waals surface area contributed by atoms with Crippen molar-refractivity contribution < 1.29 is 0 Å². The number of nitrogens with zero attached hydrogens (tertiary/aromatic N) is 3. The molecular formula is C5H3N3S2.